The van der Waals surface area contributed by atoms with Crippen molar-refractivity contribution in [3.8, 4) is 5.75 Å². The summed E-state index contributed by atoms with van der Waals surface area (Å²) < 4.78 is 11.6. The first-order valence-electron chi connectivity index (χ1n) is 9.18. The van der Waals surface area contributed by atoms with E-state index in [1.54, 1.807) is 12.1 Å². The lowest BCUT2D eigenvalue weighted by Crippen LogP contribution is -2.12. The Hall–Kier alpha value is -3.53. The van der Waals surface area contributed by atoms with Crippen molar-refractivity contribution in [1.82, 2.24) is 0 Å². The zero-order valence-electron chi connectivity index (χ0n) is 15.9. The fraction of sp³-hybridized carbons (Fsp3) is 0.125. The number of anilines is 1. The van der Waals surface area contributed by atoms with Crippen molar-refractivity contribution >= 4 is 22.4 Å². The van der Waals surface area contributed by atoms with E-state index < -0.39 is 0 Å². The van der Waals surface area contributed by atoms with Crippen molar-refractivity contribution in [1.29, 1.82) is 0 Å². The van der Waals surface area contributed by atoms with Crippen molar-refractivity contribution in [2.75, 3.05) is 5.32 Å². The molecular formula is C24H21NO3. The maximum absolute atomic E-state index is 12.5. The van der Waals surface area contributed by atoms with Gasteiger partial charge in [-0.3, -0.25) is 4.79 Å². The molecule has 4 heteroatoms. The van der Waals surface area contributed by atoms with Gasteiger partial charge in [0.25, 0.3) is 5.91 Å². The molecule has 0 fully saturated rings. The fourth-order valence-electron chi connectivity index (χ4n) is 3.10. The molecule has 3 aromatic carbocycles. The Morgan fingerprint density at radius 1 is 0.964 bits per heavy atom. The number of nitrogens with one attached hydrogen (secondary N) is 1. The molecular weight excluding hydrogens is 350 g/mol. The van der Waals surface area contributed by atoms with Gasteiger partial charge in [-0.2, -0.15) is 0 Å². The van der Waals surface area contributed by atoms with E-state index in [1.165, 1.54) is 0 Å². The first-order valence-corrected chi connectivity index (χ1v) is 9.18. The third-order valence-corrected chi connectivity index (χ3v) is 4.65. The highest BCUT2D eigenvalue weighted by Crippen LogP contribution is 2.26. The van der Waals surface area contributed by atoms with E-state index in [4.69, 9.17) is 9.15 Å². The molecule has 4 nitrogen and oxygen atoms in total. The Morgan fingerprint density at radius 3 is 2.68 bits per heavy atom. The summed E-state index contributed by atoms with van der Waals surface area (Å²) >= 11 is 0. The summed E-state index contributed by atoms with van der Waals surface area (Å²) in [5.41, 5.74) is 2.88. The number of rotatable bonds is 5. The van der Waals surface area contributed by atoms with Crippen LogP contribution in [0.1, 0.15) is 27.4 Å². The Morgan fingerprint density at radius 2 is 1.79 bits per heavy atom. The third kappa shape index (κ3) is 3.76. The highest BCUT2D eigenvalue weighted by molar-refractivity contribution is 6.02. The summed E-state index contributed by atoms with van der Waals surface area (Å²) in [6, 6.07) is 23.4. The van der Waals surface area contributed by atoms with Crippen LogP contribution in [0.5, 0.6) is 5.75 Å². The average Bonchev–Trinajstić information content (AvgIpc) is 3.18. The second-order valence-electron chi connectivity index (χ2n) is 6.80. The minimum atomic E-state index is -0.273. The van der Waals surface area contributed by atoms with E-state index in [1.807, 2.05) is 74.5 Å². The number of fused-ring (bicyclic) bond motifs is 1. The number of carbonyl (C=O) groups is 1. The molecule has 1 N–H and O–H groups in total. The van der Waals surface area contributed by atoms with Crippen LogP contribution in [0.15, 0.2) is 77.2 Å². The quantitative estimate of drug-likeness (QED) is 0.476. The number of carbonyl (C=O) groups excluding carboxylic acids is 1. The van der Waals surface area contributed by atoms with Gasteiger partial charge in [0.05, 0.1) is 0 Å². The molecule has 28 heavy (non-hydrogen) atoms. The predicted octanol–water partition coefficient (Wildman–Crippen LogP) is 5.88. The molecule has 0 radical (unpaired) electrons. The van der Waals surface area contributed by atoms with Crippen LogP contribution in [0.2, 0.25) is 0 Å². The van der Waals surface area contributed by atoms with Gasteiger partial charge in [-0.15, -0.1) is 0 Å². The highest BCUT2D eigenvalue weighted by Gasteiger charge is 2.13. The van der Waals surface area contributed by atoms with Gasteiger partial charge >= 0.3 is 0 Å². The number of ether oxygens (including phenoxy) is 1. The molecule has 4 aromatic rings. The molecule has 1 heterocycles. The fourth-order valence-corrected chi connectivity index (χ4v) is 3.10. The number of hydrogen-bond acceptors (Lipinski definition) is 3. The SMILES string of the molecule is Cc1ccc(C)c(NC(=O)c2ccc(COc3cccc4ccccc34)o2)c1. The molecule has 0 atom stereocenters. The topological polar surface area (TPSA) is 51.5 Å². The summed E-state index contributed by atoms with van der Waals surface area (Å²) in [4.78, 5) is 12.5. The third-order valence-electron chi connectivity index (χ3n) is 4.65. The van der Waals surface area contributed by atoms with Crippen LogP contribution in [0, 0.1) is 13.8 Å². The molecule has 4 rings (SSSR count). The average molecular weight is 371 g/mol. The van der Waals surface area contributed by atoms with Crippen molar-refractivity contribution < 1.29 is 13.9 Å². The molecule has 0 saturated carbocycles. The first kappa shape index (κ1) is 17.9. The van der Waals surface area contributed by atoms with Crippen LogP contribution in [0.25, 0.3) is 10.8 Å². The standard InChI is InChI=1S/C24H21NO3/c1-16-10-11-17(2)21(14-16)25-24(26)23-13-12-19(28-23)15-27-22-9-5-7-18-6-3-4-8-20(18)22/h3-14H,15H2,1-2H3,(H,25,26). The molecule has 0 aliphatic heterocycles. The molecule has 1 amide bonds. The van der Waals surface area contributed by atoms with Gasteiger partial charge in [0.2, 0.25) is 0 Å². The molecule has 0 spiro atoms. The maximum atomic E-state index is 12.5. The van der Waals surface area contributed by atoms with Crippen LogP contribution in [-0.2, 0) is 6.61 Å². The summed E-state index contributed by atoms with van der Waals surface area (Å²) in [6.45, 7) is 4.20. The second-order valence-corrected chi connectivity index (χ2v) is 6.80. The highest BCUT2D eigenvalue weighted by atomic mass is 16.5. The Balaban J connectivity index is 1.45. The molecule has 0 aliphatic rings. The largest absolute Gasteiger partial charge is 0.485 e. The van der Waals surface area contributed by atoms with E-state index in [9.17, 15) is 4.79 Å². The van der Waals surface area contributed by atoms with Crippen LogP contribution in [-0.4, -0.2) is 5.91 Å². The van der Waals surface area contributed by atoms with Gasteiger partial charge in [-0.05, 0) is 54.6 Å². The lowest BCUT2D eigenvalue weighted by atomic mass is 10.1. The van der Waals surface area contributed by atoms with Gasteiger partial charge < -0.3 is 14.5 Å². The van der Waals surface area contributed by atoms with E-state index in [-0.39, 0.29) is 18.3 Å². The number of amides is 1. The zero-order valence-corrected chi connectivity index (χ0v) is 15.9. The molecule has 0 bridgehead atoms. The van der Waals surface area contributed by atoms with Gasteiger partial charge in [0, 0.05) is 11.1 Å². The molecule has 0 aliphatic carbocycles. The smallest absolute Gasteiger partial charge is 0.291 e. The lowest BCUT2D eigenvalue weighted by Gasteiger charge is -2.09. The van der Waals surface area contributed by atoms with E-state index >= 15 is 0 Å². The number of furan rings is 1. The van der Waals surface area contributed by atoms with Gasteiger partial charge in [-0.1, -0.05) is 48.5 Å². The predicted molar refractivity (Wildman–Crippen MR) is 111 cm³/mol. The zero-order chi connectivity index (χ0) is 19.5. The molecule has 0 saturated heterocycles. The van der Waals surface area contributed by atoms with Crippen LogP contribution in [0.3, 0.4) is 0 Å². The Labute approximate surface area is 163 Å². The normalized spacial score (nSPS) is 10.8. The van der Waals surface area contributed by atoms with Crippen molar-refractivity contribution in [3.05, 3.63) is 95.4 Å². The minimum absolute atomic E-state index is 0.255. The number of aryl methyl sites for hydroxylation is 2. The Kier molecular flexibility index (Phi) is 4.85. The minimum Gasteiger partial charge on any atom is -0.485 e. The van der Waals surface area contributed by atoms with Crippen molar-refractivity contribution in [2.45, 2.75) is 20.5 Å². The maximum Gasteiger partial charge on any atom is 0.291 e. The van der Waals surface area contributed by atoms with Crippen molar-refractivity contribution in [3.63, 3.8) is 0 Å². The van der Waals surface area contributed by atoms with E-state index in [2.05, 4.69) is 5.32 Å². The summed E-state index contributed by atoms with van der Waals surface area (Å²) in [5.74, 6) is 1.37. The Bertz CT molecular complexity index is 1140. The van der Waals surface area contributed by atoms with Crippen LogP contribution in [0.4, 0.5) is 5.69 Å². The van der Waals surface area contributed by atoms with Gasteiger partial charge in [0.1, 0.15) is 18.1 Å². The van der Waals surface area contributed by atoms with Crippen LogP contribution >= 0.6 is 0 Å². The number of hydrogen-bond donors (Lipinski definition) is 1. The summed E-state index contributed by atoms with van der Waals surface area (Å²) in [6.07, 6.45) is 0. The van der Waals surface area contributed by atoms with E-state index in [0.717, 1.165) is 33.3 Å². The summed E-state index contributed by atoms with van der Waals surface area (Å²) in [7, 11) is 0. The van der Waals surface area contributed by atoms with Gasteiger partial charge in [0.15, 0.2) is 5.76 Å². The molecule has 0 unspecified atom stereocenters. The van der Waals surface area contributed by atoms with E-state index in [0.29, 0.717) is 5.76 Å². The molecule has 140 valence electrons. The second kappa shape index (κ2) is 7.61. The van der Waals surface area contributed by atoms with Gasteiger partial charge in [-0.25, -0.2) is 0 Å². The molecule has 1 aromatic heterocycles. The van der Waals surface area contributed by atoms with Crippen molar-refractivity contribution in [2.24, 2.45) is 0 Å². The lowest BCUT2D eigenvalue weighted by molar-refractivity contribution is 0.0992. The van der Waals surface area contributed by atoms with Crippen LogP contribution < -0.4 is 10.1 Å². The first-order chi connectivity index (χ1) is 13.6. The number of benzene rings is 3. The monoisotopic (exact) mass is 371 g/mol. The summed E-state index contributed by atoms with van der Waals surface area (Å²) in [5, 5.41) is 5.07.